The first-order chi connectivity index (χ1) is 10.9. The second-order valence-electron chi connectivity index (χ2n) is 4.94. The molecule has 0 aliphatic heterocycles. The molecule has 1 atom stereocenters. The van der Waals surface area contributed by atoms with Crippen molar-refractivity contribution in [2.24, 2.45) is 7.05 Å². The van der Waals surface area contributed by atoms with Crippen molar-refractivity contribution in [2.45, 2.75) is 19.6 Å². The van der Waals surface area contributed by atoms with Crippen LogP contribution in [0.5, 0.6) is 5.75 Å². The molecule has 8 heteroatoms. The Balaban J connectivity index is 1.98. The maximum atomic E-state index is 12.2. The Hall–Kier alpha value is -2.48. The number of nitrogens with zero attached hydrogens (tertiary/aromatic N) is 2. The molecule has 1 unspecified atom stereocenters. The molecule has 1 aromatic heterocycles. The molecular weight excluding hydrogens is 308 g/mol. The molecule has 2 N–H and O–H groups in total. The fourth-order valence-electron chi connectivity index (χ4n) is 2.02. The maximum Gasteiger partial charge on any atom is 0.387 e. The molecule has 124 valence electrons. The molecule has 0 saturated carbocycles. The molecule has 1 amide bonds. The SMILES string of the molecule is Cc1c(C(=O)NCC(O)c2cccc(OC(F)F)c2)cnn1C. The molecule has 0 fully saturated rings. The van der Waals surface area contributed by atoms with Gasteiger partial charge < -0.3 is 15.2 Å². The largest absolute Gasteiger partial charge is 0.435 e. The number of aliphatic hydroxyl groups excluding tert-OH is 1. The number of rotatable bonds is 6. The first kappa shape index (κ1) is 16.9. The Labute approximate surface area is 131 Å². The summed E-state index contributed by atoms with van der Waals surface area (Å²) in [6, 6.07) is 5.71. The highest BCUT2D eigenvalue weighted by molar-refractivity contribution is 5.95. The highest BCUT2D eigenvalue weighted by Crippen LogP contribution is 2.20. The summed E-state index contributed by atoms with van der Waals surface area (Å²) in [5.41, 5.74) is 1.48. The molecule has 6 nitrogen and oxygen atoms in total. The number of aromatic nitrogens is 2. The summed E-state index contributed by atoms with van der Waals surface area (Å²) < 4.78 is 30.2. The minimum Gasteiger partial charge on any atom is -0.435 e. The number of aryl methyl sites for hydroxylation is 1. The maximum absolute atomic E-state index is 12.2. The molecule has 1 aromatic carbocycles. The normalized spacial score (nSPS) is 12.3. The Morgan fingerprint density at radius 1 is 1.48 bits per heavy atom. The highest BCUT2D eigenvalue weighted by atomic mass is 19.3. The predicted octanol–water partition coefficient (Wildman–Crippen LogP) is 1.79. The third-order valence-electron chi connectivity index (χ3n) is 3.40. The molecule has 0 saturated heterocycles. The van der Waals surface area contributed by atoms with Gasteiger partial charge in [0.1, 0.15) is 5.75 Å². The number of hydrogen-bond acceptors (Lipinski definition) is 4. The van der Waals surface area contributed by atoms with Crippen molar-refractivity contribution in [3.05, 3.63) is 47.3 Å². The van der Waals surface area contributed by atoms with Gasteiger partial charge in [-0.1, -0.05) is 12.1 Å². The first-order valence-corrected chi connectivity index (χ1v) is 6.88. The van der Waals surface area contributed by atoms with Crippen molar-refractivity contribution in [3.8, 4) is 5.75 Å². The summed E-state index contributed by atoms with van der Waals surface area (Å²) in [5.74, 6) is -0.416. The van der Waals surface area contributed by atoms with E-state index in [0.29, 0.717) is 16.8 Å². The third kappa shape index (κ3) is 4.26. The molecule has 0 bridgehead atoms. The minimum absolute atomic E-state index is 0.0500. The smallest absolute Gasteiger partial charge is 0.387 e. The number of amides is 1. The van der Waals surface area contributed by atoms with Crippen LogP contribution in [-0.2, 0) is 7.05 Å². The summed E-state index contributed by atoms with van der Waals surface area (Å²) in [6.07, 6.45) is 0.394. The second kappa shape index (κ2) is 7.19. The number of alkyl halides is 2. The Kier molecular flexibility index (Phi) is 5.28. The van der Waals surface area contributed by atoms with E-state index in [1.165, 1.54) is 24.4 Å². The van der Waals surface area contributed by atoms with Crippen LogP contribution in [0.3, 0.4) is 0 Å². The third-order valence-corrected chi connectivity index (χ3v) is 3.40. The van der Waals surface area contributed by atoms with Gasteiger partial charge in [0.25, 0.3) is 5.91 Å². The van der Waals surface area contributed by atoms with Gasteiger partial charge in [0.05, 0.1) is 17.9 Å². The van der Waals surface area contributed by atoms with E-state index in [2.05, 4.69) is 15.2 Å². The van der Waals surface area contributed by atoms with E-state index in [1.54, 1.807) is 24.7 Å². The Bertz CT molecular complexity index is 688. The lowest BCUT2D eigenvalue weighted by atomic mass is 10.1. The van der Waals surface area contributed by atoms with E-state index >= 15 is 0 Å². The zero-order valence-electron chi connectivity index (χ0n) is 12.7. The lowest BCUT2D eigenvalue weighted by Gasteiger charge is -2.13. The molecule has 2 rings (SSSR count). The van der Waals surface area contributed by atoms with Crippen LogP contribution in [0.4, 0.5) is 8.78 Å². The fraction of sp³-hybridized carbons (Fsp3) is 0.333. The highest BCUT2D eigenvalue weighted by Gasteiger charge is 2.15. The minimum atomic E-state index is -2.93. The first-order valence-electron chi connectivity index (χ1n) is 6.88. The van der Waals surface area contributed by atoms with Crippen molar-refractivity contribution in [1.29, 1.82) is 0 Å². The van der Waals surface area contributed by atoms with Crippen molar-refractivity contribution >= 4 is 5.91 Å². The molecule has 0 radical (unpaired) electrons. The lowest BCUT2D eigenvalue weighted by molar-refractivity contribution is -0.0499. The number of benzene rings is 1. The van der Waals surface area contributed by atoms with Crippen molar-refractivity contribution in [1.82, 2.24) is 15.1 Å². The van der Waals surface area contributed by atoms with Crippen LogP contribution >= 0.6 is 0 Å². The monoisotopic (exact) mass is 325 g/mol. The summed E-state index contributed by atoms with van der Waals surface area (Å²) in [6.45, 7) is -1.25. The van der Waals surface area contributed by atoms with Crippen molar-refractivity contribution < 1.29 is 23.4 Å². The Morgan fingerprint density at radius 3 is 2.83 bits per heavy atom. The van der Waals surface area contributed by atoms with Gasteiger partial charge in [-0.2, -0.15) is 13.9 Å². The molecular formula is C15H17F2N3O3. The molecule has 23 heavy (non-hydrogen) atoms. The second-order valence-corrected chi connectivity index (χ2v) is 4.94. The van der Waals surface area contributed by atoms with Crippen LogP contribution in [0.25, 0.3) is 0 Å². The molecule has 0 aliphatic rings. The van der Waals surface area contributed by atoms with E-state index < -0.39 is 12.7 Å². The van der Waals surface area contributed by atoms with Gasteiger partial charge in [-0.05, 0) is 24.6 Å². The van der Waals surface area contributed by atoms with Gasteiger partial charge in [0.15, 0.2) is 0 Å². The van der Waals surface area contributed by atoms with Crippen LogP contribution in [-0.4, -0.2) is 34.0 Å². The molecule has 2 aromatic rings. The van der Waals surface area contributed by atoms with Crippen LogP contribution in [0, 0.1) is 6.92 Å². The zero-order valence-corrected chi connectivity index (χ0v) is 12.7. The summed E-state index contributed by atoms with van der Waals surface area (Å²) >= 11 is 0. The lowest BCUT2D eigenvalue weighted by Crippen LogP contribution is -2.28. The van der Waals surface area contributed by atoms with Crippen molar-refractivity contribution in [3.63, 3.8) is 0 Å². The van der Waals surface area contributed by atoms with Gasteiger partial charge in [-0.15, -0.1) is 0 Å². The van der Waals surface area contributed by atoms with E-state index in [9.17, 15) is 18.7 Å². The number of carbonyl (C=O) groups is 1. The number of hydrogen-bond donors (Lipinski definition) is 2. The summed E-state index contributed by atoms with van der Waals surface area (Å²) in [7, 11) is 1.72. The van der Waals surface area contributed by atoms with E-state index in [0.717, 1.165) is 0 Å². The fourth-order valence-corrected chi connectivity index (χ4v) is 2.02. The number of carbonyl (C=O) groups excluding carboxylic acids is 1. The molecule has 0 spiro atoms. The molecule has 1 heterocycles. The topological polar surface area (TPSA) is 76.4 Å². The van der Waals surface area contributed by atoms with E-state index in [4.69, 9.17) is 0 Å². The Morgan fingerprint density at radius 2 is 2.22 bits per heavy atom. The van der Waals surface area contributed by atoms with Crippen LogP contribution in [0.15, 0.2) is 30.5 Å². The summed E-state index contributed by atoms with van der Waals surface area (Å²) in [4.78, 5) is 12.0. The number of aliphatic hydroxyl groups is 1. The quantitative estimate of drug-likeness (QED) is 0.849. The van der Waals surface area contributed by atoms with E-state index in [1.807, 2.05) is 0 Å². The van der Waals surface area contributed by atoms with Crippen LogP contribution in [0.2, 0.25) is 0 Å². The average molecular weight is 325 g/mol. The number of halogens is 2. The average Bonchev–Trinajstić information content (AvgIpc) is 2.84. The van der Waals surface area contributed by atoms with Gasteiger partial charge in [0, 0.05) is 19.3 Å². The number of nitrogens with one attached hydrogen (secondary N) is 1. The zero-order chi connectivity index (χ0) is 17.0. The van der Waals surface area contributed by atoms with Gasteiger partial charge in [0.2, 0.25) is 0 Å². The van der Waals surface area contributed by atoms with Gasteiger partial charge in [-0.3, -0.25) is 9.48 Å². The molecule has 0 aliphatic carbocycles. The van der Waals surface area contributed by atoms with E-state index in [-0.39, 0.29) is 18.2 Å². The summed E-state index contributed by atoms with van der Waals surface area (Å²) in [5, 5.41) is 16.6. The number of ether oxygens (including phenoxy) is 1. The predicted molar refractivity (Wildman–Crippen MR) is 78.3 cm³/mol. The van der Waals surface area contributed by atoms with Gasteiger partial charge >= 0.3 is 6.61 Å². The van der Waals surface area contributed by atoms with Crippen LogP contribution < -0.4 is 10.1 Å². The van der Waals surface area contributed by atoms with Gasteiger partial charge in [-0.25, -0.2) is 0 Å². The standard InChI is InChI=1S/C15H17F2N3O3/c1-9-12(7-19-20(9)2)14(22)18-8-13(21)10-4-3-5-11(6-10)23-15(16)17/h3-7,13,15,21H,8H2,1-2H3,(H,18,22). The van der Waals surface area contributed by atoms with Crippen molar-refractivity contribution in [2.75, 3.05) is 6.54 Å². The van der Waals surface area contributed by atoms with Crippen LogP contribution in [0.1, 0.15) is 27.7 Å².